The Morgan fingerprint density at radius 2 is 1.94 bits per heavy atom. The van der Waals surface area contributed by atoms with Gasteiger partial charge in [0.1, 0.15) is 0 Å². The highest BCUT2D eigenvalue weighted by atomic mass is 32.2. The average Bonchev–Trinajstić information content (AvgIpc) is 2.27. The zero-order valence-corrected chi connectivity index (χ0v) is 10.8. The largest absolute Gasteiger partial charge is 0.307 e. The van der Waals surface area contributed by atoms with Gasteiger partial charge in [-0.25, -0.2) is 0 Å². The quantitative estimate of drug-likeness (QED) is 0.850. The van der Waals surface area contributed by atoms with E-state index in [0.29, 0.717) is 5.75 Å². The zero-order valence-electron chi connectivity index (χ0n) is 9.95. The number of hydrogen-bond donors (Lipinski definition) is 1. The summed E-state index contributed by atoms with van der Waals surface area (Å²) < 4.78 is 38.4. The molecule has 0 aliphatic carbocycles. The van der Waals surface area contributed by atoms with Gasteiger partial charge in [0.2, 0.25) is 0 Å². The summed E-state index contributed by atoms with van der Waals surface area (Å²) in [6, 6.07) is 7.52. The number of alkyl halides is 2. The first-order valence-corrected chi connectivity index (χ1v) is 7.11. The van der Waals surface area contributed by atoms with Crippen LogP contribution in [0.25, 0.3) is 0 Å². The van der Waals surface area contributed by atoms with Crippen LogP contribution >= 0.6 is 0 Å². The molecule has 0 heterocycles. The number of hydrogen-bond acceptors (Lipinski definition) is 2. The predicted molar refractivity (Wildman–Crippen MR) is 66.7 cm³/mol. The van der Waals surface area contributed by atoms with Gasteiger partial charge in [-0.15, -0.1) is 0 Å². The highest BCUT2D eigenvalue weighted by Crippen LogP contribution is 2.26. The fraction of sp³-hybridized carbons (Fsp3) is 0.500. The molecule has 1 aromatic carbocycles. The first kappa shape index (κ1) is 14.3. The van der Waals surface area contributed by atoms with Crippen molar-refractivity contribution in [2.24, 2.45) is 0 Å². The van der Waals surface area contributed by atoms with Gasteiger partial charge in [0, 0.05) is 34.4 Å². The second kappa shape index (κ2) is 6.21. The summed E-state index contributed by atoms with van der Waals surface area (Å²) in [5.74, 6) is -2.52. The summed E-state index contributed by atoms with van der Waals surface area (Å²) in [7, 11) is -0.976. The first-order chi connectivity index (χ1) is 7.92. The maximum Gasteiger partial charge on any atom is 0.285 e. The fourth-order valence-electron chi connectivity index (χ4n) is 1.50. The van der Waals surface area contributed by atoms with E-state index in [0.717, 1.165) is 0 Å². The van der Waals surface area contributed by atoms with Crippen LogP contribution in [0.1, 0.15) is 12.5 Å². The standard InChI is InChI=1S/C12H17F2NOS/c1-10(8-17(2)16)15-9-12(13,14)11-6-4-3-5-7-11/h3-7,10,15H,8-9H2,1-2H3. The second-order valence-corrected chi connectivity index (χ2v) is 5.57. The average molecular weight is 261 g/mol. The topological polar surface area (TPSA) is 29.1 Å². The molecule has 0 amide bonds. The molecule has 0 aromatic heterocycles. The molecule has 0 saturated carbocycles. The number of rotatable bonds is 6. The van der Waals surface area contributed by atoms with Gasteiger partial charge < -0.3 is 5.32 Å². The highest BCUT2D eigenvalue weighted by molar-refractivity contribution is 7.84. The molecule has 0 fully saturated rings. The molecule has 0 aliphatic rings. The number of halogens is 2. The molecule has 0 radical (unpaired) electrons. The van der Waals surface area contributed by atoms with E-state index in [1.54, 1.807) is 31.4 Å². The Labute approximate surface area is 103 Å². The van der Waals surface area contributed by atoms with E-state index in [9.17, 15) is 13.0 Å². The molecule has 0 saturated heterocycles. The second-order valence-electron chi connectivity index (χ2n) is 4.09. The molecule has 2 unspecified atom stereocenters. The first-order valence-electron chi connectivity index (χ1n) is 5.38. The van der Waals surface area contributed by atoms with Crippen molar-refractivity contribution in [3.63, 3.8) is 0 Å². The van der Waals surface area contributed by atoms with E-state index in [4.69, 9.17) is 0 Å². The van der Waals surface area contributed by atoms with Gasteiger partial charge >= 0.3 is 0 Å². The van der Waals surface area contributed by atoms with Crippen LogP contribution in [0.2, 0.25) is 0 Å². The van der Waals surface area contributed by atoms with Gasteiger partial charge in [0.25, 0.3) is 5.92 Å². The monoisotopic (exact) mass is 261 g/mol. The van der Waals surface area contributed by atoms with Crippen LogP contribution < -0.4 is 5.32 Å². The van der Waals surface area contributed by atoms with E-state index in [-0.39, 0.29) is 11.6 Å². The lowest BCUT2D eigenvalue weighted by atomic mass is 10.1. The summed E-state index contributed by atoms with van der Waals surface area (Å²) >= 11 is 0. The lowest BCUT2D eigenvalue weighted by Gasteiger charge is -2.20. The fourth-order valence-corrected chi connectivity index (χ4v) is 2.32. The van der Waals surface area contributed by atoms with Crippen LogP contribution in [0.4, 0.5) is 8.78 Å². The maximum atomic E-state index is 13.7. The summed E-state index contributed by atoms with van der Waals surface area (Å²) in [6.07, 6.45) is 1.56. The van der Waals surface area contributed by atoms with Crippen molar-refractivity contribution in [3.05, 3.63) is 35.9 Å². The molecule has 1 N–H and O–H groups in total. The van der Waals surface area contributed by atoms with E-state index < -0.39 is 23.3 Å². The van der Waals surface area contributed by atoms with Crippen LogP contribution in [0, 0.1) is 0 Å². The Bertz CT molecular complexity index is 370. The smallest absolute Gasteiger partial charge is 0.285 e. The maximum absolute atomic E-state index is 13.7. The lowest BCUT2D eigenvalue weighted by Crippen LogP contribution is -2.38. The third-order valence-electron chi connectivity index (χ3n) is 2.35. The van der Waals surface area contributed by atoms with Crippen molar-refractivity contribution in [2.75, 3.05) is 18.6 Å². The highest BCUT2D eigenvalue weighted by Gasteiger charge is 2.31. The predicted octanol–water partition coefficient (Wildman–Crippen LogP) is 2.13. The minimum Gasteiger partial charge on any atom is -0.307 e. The molecule has 0 bridgehead atoms. The third-order valence-corrected chi connectivity index (χ3v) is 3.32. The van der Waals surface area contributed by atoms with E-state index in [1.165, 1.54) is 12.1 Å². The summed E-state index contributed by atoms with van der Waals surface area (Å²) in [6.45, 7) is 1.32. The van der Waals surface area contributed by atoms with Gasteiger partial charge in [-0.05, 0) is 6.92 Å². The van der Waals surface area contributed by atoms with Crippen LogP contribution in [-0.4, -0.2) is 28.8 Å². The Morgan fingerprint density at radius 1 is 1.35 bits per heavy atom. The summed E-state index contributed by atoms with van der Waals surface area (Å²) in [5, 5.41) is 2.71. The molecular formula is C12H17F2NOS. The summed E-state index contributed by atoms with van der Waals surface area (Å²) in [5.41, 5.74) is -0.00248. The van der Waals surface area contributed by atoms with E-state index >= 15 is 0 Å². The molecular weight excluding hydrogens is 244 g/mol. The van der Waals surface area contributed by atoms with Crippen LogP contribution in [-0.2, 0) is 16.7 Å². The Morgan fingerprint density at radius 3 is 2.47 bits per heavy atom. The van der Waals surface area contributed by atoms with Crippen molar-refractivity contribution in [1.82, 2.24) is 5.32 Å². The summed E-state index contributed by atoms with van der Waals surface area (Å²) in [4.78, 5) is 0. The molecule has 5 heteroatoms. The number of benzene rings is 1. The minimum atomic E-state index is -2.90. The molecule has 96 valence electrons. The van der Waals surface area contributed by atoms with Gasteiger partial charge in [0.15, 0.2) is 0 Å². The van der Waals surface area contributed by atoms with Gasteiger partial charge in [-0.3, -0.25) is 4.21 Å². The molecule has 2 nitrogen and oxygen atoms in total. The van der Waals surface area contributed by atoms with Crippen LogP contribution in [0.3, 0.4) is 0 Å². The van der Waals surface area contributed by atoms with Crippen LogP contribution in [0.15, 0.2) is 30.3 Å². The van der Waals surface area contributed by atoms with Crippen molar-refractivity contribution < 1.29 is 13.0 Å². The minimum absolute atomic E-state index is 0.00248. The molecule has 0 aliphatic heterocycles. The van der Waals surface area contributed by atoms with Gasteiger partial charge in [-0.1, -0.05) is 30.3 Å². The number of nitrogens with one attached hydrogen (secondary N) is 1. The van der Waals surface area contributed by atoms with Crippen molar-refractivity contribution in [3.8, 4) is 0 Å². The molecule has 1 aromatic rings. The van der Waals surface area contributed by atoms with E-state index in [1.807, 2.05) is 0 Å². The van der Waals surface area contributed by atoms with E-state index in [2.05, 4.69) is 5.32 Å². The Kier molecular flexibility index (Phi) is 5.21. The van der Waals surface area contributed by atoms with Gasteiger partial charge in [0.05, 0.1) is 6.54 Å². The lowest BCUT2D eigenvalue weighted by molar-refractivity contribution is -0.00474. The Hall–Kier alpha value is -0.810. The molecule has 17 heavy (non-hydrogen) atoms. The van der Waals surface area contributed by atoms with Crippen LogP contribution in [0.5, 0.6) is 0 Å². The molecule has 2 atom stereocenters. The molecule has 0 spiro atoms. The van der Waals surface area contributed by atoms with Crippen molar-refractivity contribution >= 4 is 10.8 Å². The van der Waals surface area contributed by atoms with Crippen molar-refractivity contribution in [1.29, 1.82) is 0 Å². The zero-order chi connectivity index (χ0) is 12.9. The normalized spacial score (nSPS) is 15.5. The van der Waals surface area contributed by atoms with Crippen molar-refractivity contribution in [2.45, 2.75) is 18.9 Å². The SMILES string of the molecule is CC(CS(C)=O)NCC(F)(F)c1ccccc1. The molecule has 1 rings (SSSR count). The van der Waals surface area contributed by atoms with Gasteiger partial charge in [-0.2, -0.15) is 8.78 Å². The Balaban J connectivity index is 2.53. The third kappa shape index (κ3) is 4.91.